The number of nitrogens with one attached hydrogen (secondary N) is 2. The summed E-state index contributed by atoms with van der Waals surface area (Å²) >= 11 is 8.23. The number of alkyl halides is 2. The summed E-state index contributed by atoms with van der Waals surface area (Å²) in [4.78, 5) is 17.4. The number of hydroxylamine groups is 1. The molecule has 1 aromatic carbocycles. The van der Waals surface area contributed by atoms with Crippen LogP contribution in [-0.4, -0.2) is 24.9 Å². The van der Waals surface area contributed by atoms with Crippen molar-refractivity contribution in [1.82, 2.24) is 5.48 Å². The molecule has 2 aliphatic rings. The Labute approximate surface area is 162 Å². The summed E-state index contributed by atoms with van der Waals surface area (Å²) in [5, 5.41) is 3.11. The first-order chi connectivity index (χ1) is 12.0. The Balaban J connectivity index is 1.80. The topological polar surface area (TPSA) is 50.4 Å². The van der Waals surface area contributed by atoms with Crippen LogP contribution in [0.1, 0.15) is 12.8 Å². The van der Waals surface area contributed by atoms with Crippen molar-refractivity contribution in [2.75, 3.05) is 11.9 Å². The molecule has 4 nitrogen and oxygen atoms in total. The minimum absolute atomic E-state index is 0.0215. The molecule has 0 aromatic heterocycles. The molecule has 0 heterocycles. The molecular formula is C17H16ClF2IN2O2. The summed E-state index contributed by atoms with van der Waals surface area (Å²) in [5.74, 6) is -0.167. The Hall–Kier alpha value is -1.19. The molecule has 0 bridgehead atoms. The lowest BCUT2D eigenvalue weighted by Gasteiger charge is -2.23. The van der Waals surface area contributed by atoms with Crippen LogP contribution >= 0.6 is 34.2 Å². The van der Waals surface area contributed by atoms with Crippen LogP contribution in [0.2, 0.25) is 5.02 Å². The standard InChI is InChI=1S/C17H16ClF2IN2O2/c18-12-7-10(21)3-6-14(12)22-16-11(4-5-13(19)15(16)20)17(24)23-25-8-9-1-2-9/h3-7,9,13,15,22H,1-2,8H2,(H,23,24). The van der Waals surface area contributed by atoms with Crippen molar-refractivity contribution in [2.45, 2.75) is 25.2 Å². The molecule has 1 saturated carbocycles. The average molecular weight is 481 g/mol. The van der Waals surface area contributed by atoms with E-state index >= 15 is 0 Å². The number of rotatable bonds is 6. The number of benzene rings is 1. The second kappa shape index (κ2) is 8.01. The van der Waals surface area contributed by atoms with Crippen molar-refractivity contribution in [3.8, 4) is 0 Å². The molecule has 0 aliphatic heterocycles. The lowest BCUT2D eigenvalue weighted by molar-refractivity contribution is -0.129. The Kier molecular flexibility index (Phi) is 5.96. The molecule has 2 atom stereocenters. The van der Waals surface area contributed by atoms with Crippen LogP contribution in [0.4, 0.5) is 14.5 Å². The van der Waals surface area contributed by atoms with Crippen molar-refractivity contribution in [1.29, 1.82) is 0 Å². The van der Waals surface area contributed by atoms with Gasteiger partial charge in [0.15, 0.2) is 12.3 Å². The zero-order valence-corrected chi connectivity index (χ0v) is 16.0. The number of amides is 1. The molecule has 2 unspecified atom stereocenters. The fourth-order valence-corrected chi connectivity index (χ4v) is 3.22. The third-order valence-corrected chi connectivity index (χ3v) is 4.90. The quantitative estimate of drug-likeness (QED) is 0.471. The summed E-state index contributed by atoms with van der Waals surface area (Å²) < 4.78 is 29.1. The number of hydrogen-bond donors (Lipinski definition) is 2. The highest BCUT2D eigenvalue weighted by molar-refractivity contribution is 14.1. The molecule has 1 aromatic rings. The van der Waals surface area contributed by atoms with Gasteiger partial charge in [-0.15, -0.1) is 0 Å². The second-order valence-electron chi connectivity index (χ2n) is 5.97. The molecule has 8 heteroatoms. The first-order valence-corrected chi connectivity index (χ1v) is 9.26. The van der Waals surface area contributed by atoms with Crippen LogP contribution in [-0.2, 0) is 9.63 Å². The first kappa shape index (κ1) is 18.6. The molecule has 1 amide bonds. The monoisotopic (exact) mass is 480 g/mol. The normalized spacial score (nSPS) is 22.9. The average Bonchev–Trinajstić information content (AvgIpc) is 3.38. The predicted molar refractivity (Wildman–Crippen MR) is 101 cm³/mol. The number of carbonyl (C=O) groups excluding carboxylic acids is 1. The van der Waals surface area contributed by atoms with E-state index in [-0.39, 0.29) is 11.3 Å². The van der Waals surface area contributed by atoms with Gasteiger partial charge in [-0.2, -0.15) is 0 Å². The second-order valence-corrected chi connectivity index (χ2v) is 7.62. The van der Waals surface area contributed by atoms with Crippen molar-refractivity contribution in [2.24, 2.45) is 5.92 Å². The largest absolute Gasteiger partial charge is 0.355 e. The van der Waals surface area contributed by atoms with Gasteiger partial charge in [-0.25, -0.2) is 14.3 Å². The first-order valence-electron chi connectivity index (χ1n) is 7.80. The zero-order valence-electron chi connectivity index (χ0n) is 13.1. The SMILES string of the molecule is O=C(NOCC1CC1)C1=C(Nc2ccc(I)cc2Cl)C(F)C(F)C=C1. The third kappa shape index (κ3) is 4.71. The van der Waals surface area contributed by atoms with Gasteiger partial charge in [-0.05, 0) is 71.7 Å². The lowest BCUT2D eigenvalue weighted by atomic mass is 9.99. The highest BCUT2D eigenvalue weighted by atomic mass is 127. The molecule has 2 N–H and O–H groups in total. The molecule has 3 rings (SSSR count). The van der Waals surface area contributed by atoms with E-state index in [0.717, 1.165) is 22.5 Å². The Morgan fingerprint density at radius 1 is 1.36 bits per heavy atom. The Morgan fingerprint density at radius 3 is 2.80 bits per heavy atom. The van der Waals surface area contributed by atoms with Crippen LogP contribution in [0.25, 0.3) is 0 Å². The number of anilines is 1. The minimum atomic E-state index is -2.00. The van der Waals surface area contributed by atoms with Crippen molar-refractivity contribution in [3.63, 3.8) is 0 Å². The molecule has 2 aliphatic carbocycles. The number of carbonyl (C=O) groups is 1. The van der Waals surface area contributed by atoms with E-state index in [1.807, 2.05) is 0 Å². The fraction of sp³-hybridized carbons (Fsp3) is 0.353. The van der Waals surface area contributed by atoms with E-state index < -0.39 is 18.3 Å². The van der Waals surface area contributed by atoms with Crippen LogP contribution in [0, 0.1) is 9.49 Å². The maximum Gasteiger partial charge on any atom is 0.276 e. The third-order valence-electron chi connectivity index (χ3n) is 3.92. The van der Waals surface area contributed by atoms with E-state index in [0.29, 0.717) is 23.2 Å². The van der Waals surface area contributed by atoms with Gasteiger partial charge in [0.25, 0.3) is 5.91 Å². The molecule has 1 fully saturated rings. The van der Waals surface area contributed by atoms with Crippen LogP contribution in [0.3, 0.4) is 0 Å². The van der Waals surface area contributed by atoms with Gasteiger partial charge in [0.05, 0.1) is 28.6 Å². The van der Waals surface area contributed by atoms with Crippen LogP contribution in [0.15, 0.2) is 41.6 Å². The van der Waals surface area contributed by atoms with E-state index in [1.54, 1.807) is 18.2 Å². The predicted octanol–water partition coefficient (Wildman–Crippen LogP) is 4.31. The highest BCUT2D eigenvalue weighted by Crippen LogP contribution is 2.31. The van der Waals surface area contributed by atoms with E-state index in [9.17, 15) is 13.6 Å². The lowest BCUT2D eigenvalue weighted by Crippen LogP contribution is -2.33. The van der Waals surface area contributed by atoms with Crippen LogP contribution in [0.5, 0.6) is 0 Å². The highest BCUT2D eigenvalue weighted by Gasteiger charge is 2.32. The molecule has 0 spiro atoms. The maximum absolute atomic E-state index is 14.4. The number of hydrogen-bond acceptors (Lipinski definition) is 3. The van der Waals surface area contributed by atoms with Crippen molar-refractivity contribution >= 4 is 45.8 Å². The van der Waals surface area contributed by atoms with E-state index in [4.69, 9.17) is 16.4 Å². The summed E-state index contributed by atoms with van der Waals surface area (Å²) in [7, 11) is 0. The van der Waals surface area contributed by atoms with Crippen molar-refractivity contribution < 1.29 is 18.4 Å². The van der Waals surface area contributed by atoms with Gasteiger partial charge in [0.2, 0.25) is 0 Å². The summed E-state index contributed by atoms with van der Waals surface area (Å²) in [6.45, 7) is 0.416. The minimum Gasteiger partial charge on any atom is -0.355 e. The summed E-state index contributed by atoms with van der Waals surface area (Å²) in [5.41, 5.74) is 2.49. The smallest absolute Gasteiger partial charge is 0.276 e. The molecular weight excluding hydrogens is 465 g/mol. The zero-order chi connectivity index (χ0) is 18.0. The Morgan fingerprint density at radius 2 is 2.12 bits per heavy atom. The molecule has 0 radical (unpaired) electrons. The van der Waals surface area contributed by atoms with Crippen LogP contribution < -0.4 is 10.8 Å². The summed E-state index contributed by atoms with van der Waals surface area (Å²) in [6, 6.07) is 5.10. The van der Waals surface area contributed by atoms with Gasteiger partial charge < -0.3 is 5.32 Å². The summed E-state index contributed by atoms with van der Waals surface area (Å²) in [6.07, 6.45) is 0.582. The van der Waals surface area contributed by atoms with E-state index in [2.05, 4.69) is 33.4 Å². The maximum atomic E-state index is 14.4. The van der Waals surface area contributed by atoms with Gasteiger partial charge >= 0.3 is 0 Å². The Bertz CT molecular complexity index is 737. The van der Waals surface area contributed by atoms with Gasteiger partial charge in [-0.3, -0.25) is 9.63 Å². The molecule has 0 saturated heterocycles. The van der Waals surface area contributed by atoms with Gasteiger partial charge in [0, 0.05) is 3.57 Å². The number of halogens is 4. The molecule has 25 heavy (non-hydrogen) atoms. The van der Waals surface area contributed by atoms with Gasteiger partial charge in [0.1, 0.15) is 0 Å². The fourth-order valence-electron chi connectivity index (χ4n) is 2.32. The van der Waals surface area contributed by atoms with Gasteiger partial charge in [-0.1, -0.05) is 11.6 Å². The molecule has 134 valence electrons. The van der Waals surface area contributed by atoms with E-state index in [1.165, 1.54) is 6.08 Å². The number of allylic oxidation sites excluding steroid dienone is 2. The van der Waals surface area contributed by atoms with Crippen molar-refractivity contribution in [3.05, 3.63) is 50.2 Å².